The van der Waals surface area contributed by atoms with Crippen LogP contribution in [0.3, 0.4) is 0 Å². The number of rotatable bonds is 8. The summed E-state index contributed by atoms with van der Waals surface area (Å²) in [5, 5.41) is 5.02. The highest BCUT2D eigenvalue weighted by Crippen LogP contribution is 2.25. The monoisotopic (exact) mass is 363 g/mol. The summed E-state index contributed by atoms with van der Waals surface area (Å²) < 4.78 is 10.1. The molecule has 140 valence electrons. The highest BCUT2D eigenvalue weighted by atomic mass is 16.5. The van der Waals surface area contributed by atoms with Gasteiger partial charge in [0, 0.05) is 13.0 Å². The minimum absolute atomic E-state index is 0.00188. The Labute approximate surface area is 150 Å². The van der Waals surface area contributed by atoms with E-state index in [1.54, 1.807) is 12.1 Å². The number of carbonyl (C=O) groups is 4. The van der Waals surface area contributed by atoms with Gasteiger partial charge in [-0.15, -0.1) is 0 Å². The molecule has 0 atom stereocenters. The molecule has 2 rings (SSSR count). The van der Waals surface area contributed by atoms with Gasteiger partial charge in [-0.1, -0.05) is 6.07 Å². The molecule has 9 nitrogen and oxygen atoms in total. The van der Waals surface area contributed by atoms with Crippen molar-refractivity contribution >= 4 is 29.5 Å². The van der Waals surface area contributed by atoms with E-state index in [1.807, 2.05) is 13.0 Å². The molecule has 0 aliphatic carbocycles. The number of hydrogen-bond acceptors (Lipinski definition) is 6. The van der Waals surface area contributed by atoms with E-state index in [9.17, 15) is 19.2 Å². The largest absolute Gasteiger partial charge is 0.495 e. The number of ether oxygens (including phenoxy) is 2. The van der Waals surface area contributed by atoms with Crippen LogP contribution in [-0.4, -0.2) is 55.5 Å². The Bertz CT molecular complexity index is 702. The van der Waals surface area contributed by atoms with E-state index in [1.165, 1.54) is 7.11 Å². The molecule has 1 aliphatic rings. The summed E-state index contributed by atoms with van der Waals surface area (Å²) in [6.07, 6.45) is 0.267. The van der Waals surface area contributed by atoms with Crippen molar-refractivity contribution in [3.63, 3.8) is 0 Å². The maximum atomic E-state index is 11.9. The van der Waals surface area contributed by atoms with E-state index < -0.39 is 24.5 Å². The van der Waals surface area contributed by atoms with Crippen molar-refractivity contribution in [3.05, 3.63) is 23.8 Å². The lowest BCUT2D eigenvalue weighted by molar-refractivity contribution is -0.147. The maximum absolute atomic E-state index is 11.9. The van der Waals surface area contributed by atoms with Crippen LogP contribution in [-0.2, 0) is 19.1 Å². The average molecular weight is 363 g/mol. The first-order chi connectivity index (χ1) is 12.4. The third-order valence-corrected chi connectivity index (χ3v) is 3.69. The Morgan fingerprint density at radius 1 is 1.31 bits per heavy atom. The number of imide groups is 1. The number of urea groups is 1. The van der Waals surface area contributed by atoms with Crippen molar-refractivity contribution in [2.75, 3.05) is 32.1 Å². The van der Waals surface area contributed by atoms with Gasteiger partial charge in [0.1, 0.15) is 5.75 Å². The van der Waals surface area contributed by atoms with Gasteiger partial charge >= 0.3 is 12.0 Å². The highest BCUT2D eigenvalue weighted by Gasteiger charge is 2.27. The Morgan fingerprint density at radius 2 is 2.08 bits per heavy atom. The van der Waals surface area contributed by atoms with Crippen LogP contribution in [0.15, 0.2) is 18.2 Å². The Kier molecular flexibility index (Phi) is 6.54. The molecule has 1 fully saturated rings. The van der Waals surface area contributed by atoms with E-state index in [0.29, 0.717) is 11.4 Å². The number of hydrogen-bond donors (Lipinski definition) is 2. The third kappa shape index (κ3) is 5.20. The smallest absolute Gasteiger partial charge is 0.324 e. The summed E-state index contributed by atoms with van der Waals surface area (Å²) in [6.45, 7) is 1.55. The van der Waals surface area contributed by atoms with Gasteiger partial charge in [0.05, 0.1) is 19.3 Å². The molecule has 4 amide bonds. The Hall–Kier alpha value is -3.10. The first kappa shape index (κ1) is 19.2. The maximum Gasteiger partial charge on any atom is 0.324 e. The molecule has 0 bridgehead atoms. The highest BCUT2D eigenvalue weighted by molar-refractivity contribution is 6.01. The van der Waals surface area contributed by atoms with Gasteiger partial charge in [-0.2, -0.15) is 0 Å². The van der Waals surface area contributed by atoms with Gasteiger partial charge in [0.2, 0.25) is 5.91 Å². The summed E-state index contributed by atoms with van der Waals surface area (Å²) in [6, 6.07) is 4.86. The lowest BCUT2D eigenvalue weighted by Crippen LogP contribution is -2.32. The number of aryl methyl sites for hydroxylation is 1. The van der Waals surface area contributed by atoms with Gasteiger partial charge < -0.3 is 20.1 Å². The summed E-state index contributed by atoms with van der Waals surface area (Å²) in [4.78, 5) is 47.4. The normalized spacial score (nSPS) is 13.4. The average Bonchev–Trinajstić information content (AvgIpc) is 2.92. The molecule has 26 heavy (non-hydrogen) atoms. The van der Waals surface area contributed by atoms with Crippen LogP contribution in [0.4, 0.5) is 10.5 Å². The Morgan fingerprint density at radius 3 is 2.73 bits per heavy atom. The molecule has 1 aromatic rings. The van der Waals surface area contributed by atoms with Crippen LogP contribution in [0.2, 0.25) is 0 Å². The van der Waals surface area contributed by atoms with E-state index >= 15 is 0 Å². The number of esters is 1. The van der Waals surface area contributed by atoms with Crippen molar-refractivity contribution in [3.8, 4) is 5.75 Å². The zero-order valence-electron chi connectivity index (χ0n) is 14.7. The third-order valence-electron chi connectivity index (χ3n) is 3.69. The van der Waals surface area contributed by atoms with E-state index in [4.69, 9.17) is 9.47 Å². The van der Waals surface area contributed by atoms with Crippen molar-refractivity contribution in [2.45, 2.75) is 19.8 Å². The second-order valence-corrected chi connectivity index (χ2v) is 5.72. The zero-order chi connectivity index (χ0) is 19.1. The number of nitrogens with one attached hydrogen (secondary N) is 2. The molecule has 0 radical (unpaired) electrons. The minimum atomic E-state index is -0.580. The van der Waals surface area contributed by atoms with Crippen LogP contribution < -0.4 is 15.4 Å². The number of nitrogens with zero attached hydrogens (tertiary/aromatic N) is 1. The number of carbonyl (C=O) groups excluding carboxylic acids is 4. The van der Waals surface area contributed by atoms with Gasteiger partial charge in [0.15, 0.2) is 6.61 Å². The molecule has 1 aromatic carbocycles. The summed E-state index contributed by atoms with van der Waals surface area (Å²) in [7, 11) is 1.49. The summed E-state index contributed by atoms with van der Waals surface area (Å²) in [5.41, 5.74) is 1.44. The standard InChI is InChI=1S/C17H21N3O6/c1-11-5-6-13(25-2)12(8-11)19-14(21)10-26-16(23)4-3-7-20-15(22)9-18-17(20)24/h5-6,8H,3-4,7,9-10H2,1-2H3,(H,18,24)(H,19,21). The SMILES string of the molecule is COc1ccc(C)cc1NC(=O)COC(=O)CCCN1C(=O)CNC1=O. The van der Waals surface area contributed by atoms with Crippen LogP contribution >= 0.6 is 0 Å². The zero-order valence-corrected chi connectivity index (χ0v) is 14.7. The molecule has 0 aromatic heterocycles. The quantitative estimate of drug-likeness (QED) is 0.522. The van der Waals surface area contributed by atoms with Crippen LogP contribution in [0.1, 0.15) is 18.4 Å². The van der Waals surface area contributed by atoms with Crippen molar-refractivity contribution in [2.24, 2.45) is 0 Å². The number of benzene rings is 1. The van der Waals surface area contributed by atoms with Crippen LogP contribution in [0.25, 0.3) is 0 Å². The van der Waals surface area contributed by atoms with E-state index in [0.717, 1.165) is 10.5 Å². The van der Waals surface area contributed by atoms with Gasteiger partial charge in [-0.3, -0.25) is 19.3 Å². The predicted octanol–water partition coefficient (Wildman–Crippen LogP) is 0.817. The van der Waals surface area contributed by atoms with Gasteiger partial charge in [0.25, 0.3) is 5.91 Å². The fraction of sp³-hybridized carbons (Fsp3) is 0.412. The molecule has 0 spiro atoms. The summed E-state index contributed by atoms with van der Waals surface area (Å²) >= 11 is 0. The molecule has 2 N–H and O–H groups in total. The number of anilines is 1. The molecule has 1 heterocycles. The predicted molar refractivity (Wildman–Crippen MR) is 91.7 cm³/mol. The first-order valence-electron chi connectivity index (χ1n) is 8.09. The fourth-order valence-electron chi connectivity index (χ4n) is 2.39. The lowest BCUT2D eigenvalue weighted by Gasteiger charge is -2.12. The van der Waals surface area contributed by atoms with E-state index in [-0.39, 0.29) is 31.8 Å². The second kappa shape index (κ2) is 8.84. The van der Waals surface area contributed by atoms with Gasteiger partial charge in [-0.25, -0.2) is 4.79 Å². The van der Waals surface area contributed by atoms with Crippen molar-refractivity contribution < 1.29 is 28.7 Å². The molecule has 1 aliphatic heterocycles. The van der Waals surface area contributed by atoms with Crippen molar-refractivity contribution in [1.29, 1.82) is 0 Å². The topological polar surface area (TPSA) is 114 Å². The summed E-state index contributed by atoms with van der Waals surface area (Å²) in [5.74, 6) is -0.890. The number of methoxy groups -OCH3 is 1. The Balaban J connectivity index is 1.72. The lowest BCUT2D eigenvalue weighted by atomic mass is 10.2. The van der Waals surface area contributed by atoms with Crippen LogP contribution in [0.5, 0.6) is 5.75 Å². The van der Waals surface area contributed by atoms with Gasteiger partial charge in [-0.05, 0) is 31.0 Å². The molecular formula is C17H21N3O6. The number of amides is 4. The molecule has 0 unspecified atom stereocenters. The minimum Gasteiger partial charge on any atom is -0.495 e. The molecule has 1 saturated heterocycles. The van der Waals surface area contributed by atoms with Crippen LogP contribution in [0, 0.1) is 6.92 Å². The second-order valence-electron chi connectivity index (χ2n) is 5.72. The molecule has 0 saturated carbocycles. The van der Waals surface area contributed by atoms with E-state index in [2.05, 4.69) is 10.6 Å². The molecule has 9 heteroatoms. The first-order valence-corrected chi connectivity index (χ1v) is 8.09. The van der Waals surface area contributed by atoms with Crippen molar-refractivity contribution in [1.82, 2.24) is 10.2 Å². The molecular weight excluding hydrogens is 342 g/mol. The fourth-order valence-corrected chi connectivity index (χ4v) is 2.39.